The molecule has 1 atom stereocenters. The molecule has 6 nitrogen and oxygen atoms in total. The summed E-state index contributed by atoms with van der Waals surface area (Å²) in [5.41, 5.74) is -0.968. The molecule has 0 aliphatic heterocycles. The van der Waals surface area contributed by atoms with Crippen molar-refractivity contribution in [3.63, 3.8) is 0 Å². The molecule has 2 aromatic rings. The lowest BCUT2D eigenvalue weighted by Gasteiger charge is -2.27. The minimum atomic E-state index is -6.63. The third kappa shape index (κ3) is 6.21. The van der Waals surface area contributed by atoms with Crippen LogP contribution in [-0.2, 0) is 15.6 Å². The van der Waals surface area contributed by atoms with Crippen molar-refractivity contribution in [3.05, 3.63) is 29.6 Å². The molecule has 1 heterocycles. The maximum atomic E-state index is 14.5. The second-order valence-corrected chi connectivity index (χ2v) is 8.20. The first-order valence-corrected chi connectivity index (χ1v) is 10.1. The van der Waals surface area contributed by atoms with Crippen LogP contribution in [0.2, 0.25) is 0 Å². The molecule has 1 amide bonds. The summed E-state index contributed by atoms with van der Waals surface area (Å²) in [5, 5.41) is 5.24. The minimum Gasteiger partial charge on any atom is -0.470 e. The SMILES string of the molecule is Cc1cc(F)c(-n2nc(OCC(F)(F)C(F)(F)C(F)(F)F)cc2NC=O)cc1S(=O)CC(F)(F)F. The van der Waals surface area contributed by atoms with E-state index in [4.69, 9.17) is 0 Å². The molecule has 0 aliphatic carbocycles. The Morgan fingerprint density at radius 3 is 2.17 bits per heavy atom. The molecule has 1 aromatic heterocycles. The normalized spacial score (nSPS) is 14.1. The molecule has 2 rings (SSSR count). The van der Waals surface area contributed by atoms with Gasteiger partial charge in [-0.2, -0.15) is 43.9 Å². The van der Waals surface area contributed by atoms with Gasteiger partial charge in [-0.05, 0) is 24.6 Å². The van der Waals surface area contributed by atoms with Crippen LogP contribution in [0.15, 0.2) is 23.1 Å². The van der Waals surface area contributed by atoms with Gasteiger partial charge in [-0.25, -0.2) is 9.07 Å². The van der Waals surface area contributed by atoms with Crippen molar-refractivity contribution in [2.45, 2.75) is 36.0 Å². The molecule has 0 fully saturated rings. The first kappa shape index (κ1) is 28.3. The first-order chi connectivity index (χ1) is 15.8. The highest BCUT2D eigenvalue weighted by atomic mass is 32.2. The Bertz CT molecular complexity index is 1110. The van der Waals surface area contributed by atoms with E-state index in [0.29, 0.717) is 22.9 Å². The summed E-state index contributed by atoms with van der Waals surface area (Å²) in [6, 6.07) is 1.80. The van der Waals surface area contributed by atoms with Gasteiger partial charge in [0.15, 0.2) is 6.61 Å². The zero-order valence-corrected chi connectivity index (χ0v) is 17.7. The number of rotatable bonds is 9. The van der Waals surface area contributed by atoms with Crippen LogP contribution >= 0.6 is 0 Å². The predicted octanol–water partition coefficient (Wildman–Crippen LogP) is 4.77. The summed E-state index contributed by atoms with van der Waals surface area (Å²) < 4.78 is 159. The number of hydrogen-bond donors (Lipinski definition) is 1. The zero-order valence-electron chi connectivity index (χ0n) is 16.9. The van der Waals surface area contributed by atoms with E-state index >= 15 is 0 Å². The molecule has 196 valence electrons. The van der Waals surface area contributed by atoms with E-state index < -0.39 is 75.5 Å². The Hall–Kier alpha value is -2.92. The van der Waals surface area contributed by atoms with Crippen LogP contribution < -0.4 is 10.1 Å². The van der Waals surface area contributed by atoms with Crippen molar-refractivity contribution in [3.8, 4) is 11.6 Å². The number of ether oxygens (including phenoxy) is 1. The summed E-state index contributed by atoms with van der Waals surface area (Å²) in [5.74, 6) is -17.0. The lowest BCUT2D eigenvalue weighted by Crippen LogP contribution is -2.54. The maximum Gasteiger partial charge on any atom is 0.460 e. The Morgan fingerprint density at radius 1 is 1.06 bits per heavy atom. The van der Waals surface area contributed by atoms with E-state index in [1.807, 2.05) is 5.32 Å². The van der Waals surface area contributed by atoms with Gasteiger partial charge < -0.3 is 10.1 Å². The molecule has 1 N–H and O–H groups in total. The van der Waals surface area contributed by atoms with Crippen molar-refractivity contribution < 1.29 is 62.0 Å². The van der Waals surface area contributed by atoms with Crippen LogP contribution in [0, 0.1) is 12.7 Å². The fraction of sp³-hybridized carbons (Fsp3) is 0.412. The highest BCUT2D eigenvalue weighted by molar-refractivity contribution is 7.85. The van der Waals surface area contributed by atoms with E-state index in [1.165, 1.54) is 0 Å². The number of nitrogens with one attached hydrogen (secondary N) is 1. The molecular formula is C17H12F11N3O3S. The van der Waals surface area contributed by atoms with Gasteiger partial charge in [0.25, 0.3) is 0 Å². The number of halogens is 11. The monoisotopic (exact) mass is 547 g/mol. The second kappa shape index (κ2) is 9.62. The molecule has 0 spiro atoms. The number of aromatic nitrogens is 2. The fourth-order valence-electron chi connectivity index (χ4n) is 2.52. The summed E-state index contributed by atoms with van der Waals surface area (Å²) >= 11 is 0. The van der Waals surface area contributed by atoms with Gasteiger partial charge in [0.2, 0.25) is 12.3 Å². The number of anilines is 1. The third-order valence-electron chi connectivity index (χ3n) is 4.12. The molecule has 0 aliphatic rings. The Morgan fingerprint density at radius 2 is 1.66 bits per heavy atom. The van der Waals surface area contributed by atoms with Gasteiger partial charge in [0, 0.05) is 11.0 Å². The van der Waals surface area contributed by atoms with E-state index in [2.05, 4.69) is 9.84 Å². The van der Waals surface area contributed by atoms with Gasteiger partial charge >= 0.3 is 24.2 Å². The number of benzene rings is 1. The second-order valence-electron chi connectivity index (χ2n) is 6.78. The number of carbonyl (C=O) groups is 1. The molecule has 0 bridgehead atoms. The van der Waals surface area contributed by atoms with Crippen LogP contribution in [0.3, 0.4) is 0 Å². The van der Waals surface area contributed by atoms with Crippen LogP contribution in [0.25, 0.3) is 5.69 Å². The summed E-state index contributed by atoms with van der Waals surface area (Å²) in [4.78, 5) is 10.3. The summed E-state index contributed by atoms with van der Waals surface area (Å²) in [6.07, 6.45) is -11.6. The van der Waals surface area contributed by atoms with Gasteiger partial charge in [-0.3, -0.25) is 9.00 Å². The first-order valence-electron chi connectivity index (χ1n) is 8.82. The van der Waals surface area contributed by atoms with Gasteiger partial charge in [0.1, 0.15) is 23.1 Å². The Balaban J connectivity index is 2.46. The molecule has 1 unspecified atom stereocenters. The number of nitrogens with zero attached hydrogens (tertiary/aromatic N) is 2. The number of amides is 1. The quantitative estimate of drug-likeness (QED) is 0.363. The largest absolute Gasteiger partial charge is 0.470 e. The topological polar surface area (TPSA) is 73.2 Å². The fourth-order valence-corrected chi connectivity index (χ4v) is 3.63. The molecular weight excluding hydrogens is 535 g/mol. The Kier molecular flexibility index (Phi) is 7.78. The highest BCUT2D eigenvalue weighted by Crippen LogP contribution is 2.46. The van der Waals surface area contributed by atoms with Crippen LogP contribution in [0.5, 0.6) is 5.88 Å². The van der Waals surface area contributed by atoms with Crippen LogP contribution in [-0.4, -0.2) is 57.0 Å². The smallest absolute Gasteiger partial charge is 0.460 e. The average Bonchev–Trinajstić information content (AvgIpc) is 3.07. The average molecular weight is 547 g/mol. The molecule has 35 heavy (non-hydrogen) atoms. The van der Waals surface area contributed by atoms with Crippen LogP contribution in [0.4, 0.5) is 54.1 Å². The number of hydrogen-bond acceptors (Lipinski definition) is 4. The Labute approximate surface area is 190 Å². The molecule has 1 aromatic carbocycles. The van der Waals surface area contributed by atoms with E-state index in [9.17, 15) is 57.3 Å². The minimum absolute atomic E-state index is 0.0570. The summed E-state index contributed by atoms with van der Waals surface area (Å²) in [6.45, 7) is -1.42. The van der Waals surface area contributed by atoms with Gasteiger partial charge in [-0.1, -0.05) is 0 Å². The van der Waals surface area contributed by atoms with Crippen molar-refractivity contribution in [1.29, 1.82) is 0 Å². The number of aryl methyl sites for hydroxylation is 1. The van der Waals surface area contributed by atoms with Crippen molar-refractivity contribution in [1.82, 2.24) is 9.78 Å². The lowest BCUT2D eigenvalue weighted by molar-refractivity contribution is -0.358. The predicted molar refractivity (Wildman–Crippen MR) is 96.7 cm³/mol. The third-order valence-corrected chi connectivity index (χ3v) is 5.64. The van der Waals surface area contributed by atoms with Gasteiger partial charge in [0.05, 0.1) is 10.8 Å². The number of alkyl halides is 10. The van der Waals surface area contributed by atoms with Crippen molar-refractivity contribution in [2.24, 2.45) is 0 Å². The maximum absolute atomic E-state index is 14.5. The summed E-state index contributed by atoms with van der Waals surface area (Å²) in [7, 11) is -2.74. The van der Waals surface area contributed by atoms with E-state index in [0.717, 1.165) is 6.92 Å². The standard InChI is InChI=1S/C17H12F11N3O3S/c1-8-2-9(18)10(3-11(8)35(33)6-15(21,22)23)31-12(29-7-32)4-13(30-31)34-5-14(19,20)16(24,25)17(26,27)28/h2-4,7H,5-6H2,1H3,(H,29,32). The van der Waals surface area contributed by atoms with Crippen LogP contribution in [0.1, 0.15) is 5.56 Å². The van der Waals surface area contributed by atoms with Crippen molar-refractivity contribution >= 4 is 23.0 Å². The number of carbonyl (C=O) groups excluding carboxylic acids is 1. The van der Waals surface area contributed by atoms with Gasteiger partial charge in [-0.15, -0.1) is 5.10 Å². The molecule has 0 radical (unpaired) electrons. The molecule has 0 saturated carbocycles. The molecule has 18 heteroatoms. The van der Waals surface area contributed by atoms with Crippen molar-refractivity contribution in [2.75, 3.05) is 17.7 Å². The van der Waals surface area contributed by atoms with E-state index in [1.54, 1.807) is 0 Å². The highest BCUT2D eigenvalue weighted by Gasteiger charge is 2.73. The zero-order chi connectivity index (χ0) is 27.0. The molecule has 0 saturated heterocycles. The lowest BCUT2D eigenvalue weighted by atomic mass is 10.2. The van der Waals surface area contributed by atoms with E-state index in [-0.39, 0.29) is 12.0 Å².